The third kappa shape index (κ3) is 3.32. The number of carbonyl (C=O) groups excluding carboxylic acids is 1. The molecule has 0 aliphatic carbocycles. The minimum atomic E-state index is -0.343. The second kappa shape index (κ2) is 6.61. The molecule has 8 nitrogen and oxygen atoms in total. The lowest BCUT2D eigenvalue weighted by Gasteiger charge is -2.26. The van der Waals surface area contributed by atoms with E-state index in [1.54, 1.807) is 12.1 Å². The van der Waals surface area contributed by atoms with Crippen molar-refractivity contribution in [2.75, 3.05) is 42.3 Å². The van der Waals surface area contributed by atoms with Crippen molar-refractivity contribution in [3.8, 4) is 0 Å². The lowest BCUT2D eigenvalue weighted by Crippen LogP contribution is -2.30. The summed E-state index contributed by atoms with van der Waals surface area (Å²) >= 11 is 0. The lowest BCUT2D eigenvalue weighted by molar-refractivity contribution is 0.0601. The summed E-state index contributed by atoms with van der Waals surface area (Å²) in [4.78, 5) is 19.6. The van der Waals surface area contributed by atoms with Crippen molar-refractivity contribution in [1.82, 2.24) is 9.97 Å². The molecule has 0 spiro atoms. The molecule has 1 aromatic carbocycles. The summed E-state index contributed by atoms with van der Waals surface area (Å²) in [6, 6.07) is 7.18. The fourth-order valence-electron chi connectivity index (χ4n) is 2.72. The normalized spacial score (nSPS) is 16.0. The fourth-order valence-corrected chi connectivity index (χ4v) is 2.72. The Hall–Kier alpha value is -3.03. The number of rotatable bonds is 4. The summed E-state index contributed by atoms with van der Waals surface area (Å²) < 4.78 is 4.68. The summed E-state index contributed by atoms with van der Waals surface area (Å²) in [5, 5.41) is 6.61. The third-order valence-electron chi connectivity index (χ3n) is 4.01. The number of nitrogen functional groups attached to an aromatic ring is 2. The summed E-state index contributed by atoms with van der Waals surface area (Å²) in [7, 11) is 1.37. The van der Waals surface area contributed by atoms with Crippen LogP contribution in [0.2, 0.25) is 0 Å². The Morgan fingerprint density at radius 2 is 2.08 bits per heavy atom. The predicted molar refractivity (Wildman–Crippen MR) is 92.8 cm³/mol. The minimum absolute atomic E-state index is 0.182. The number of anilines is 4. The first-order valence-corrected chi connectivity index (χ1v) is 7.65. The highest BCUT2D eigenvalue weighted by Crippen LogP contribution is 2.27. The van der Waals surface area contributed by atoms with Crippen LogP contribution in [0.3, 0.4) is 0 Å². The van der Waals surface area contributed by atoms with E-state index in [4.69, 9.17) is 11.5 Å². The average molecular weight is 328 g/mol. The molecule has 1 aliphatic rings. The van der Waals surface area contributed by atoms with Crippen molar-refractivity contribution in [3.05, 3.63) is 35.4 Å². The monoisotopic (exact) mass is 328 g/mol. The van der Waals surface area contributed by atoms with Crippen molar-refractivity contribution in [2.45, 2.75) is 6.42 Å². The van der Waals surface area contributed by atoms with Gasteiger partial charge in [-0.15, -0.1) is 0 Å². The van der Waals surface area contributed by atoms with Gasteiger partial charge in [-0.05, 0) is 36.6 Å². The Kier molecular flexibility index (Phi) is 4.37. The van der Waals surface area contributed by atoms with E-state index in [9.17, 15) is 4.79 Å². The molecule has 3 rings (SSSR count). The van der Waals surface area contributed by atoms with Gasteiger partial charge in [0, 0.05) is 24.3 Å². The molecule has 0 saturated heterocycles. The molecule has 0 saturated carbocycles. The highest BCUT2D eigenvalue weighted by molar-refractivity contribution is 5.89. The van der Waals surface area contributed by atoms with Crippen LogP contribution in [-0.2, 0) is 11.2 Å². The van der Waals surface area contributed by atoms with Crippen LogP contribution in [0.1, 0.15) is 15.9 Å². The Labute approximate surface area is 139 Å². The zero-order valence-electron chi connectivity index (χ0n) is 13.4. The van der Waals surface area contributed by atoms with Gasteiger partial charge in [-0.1, -0.05) is 0 Å². The van der Waals surface area contributed by atoms with E-state index < -0.39 is 0 Å². The lowest BCUT2D eigenvalue weighted by atomic mass is 9.96. The first-order chi connectivity index (χ1) is 11.6. The van der Waals surface area contributed by atoms with Crippen LogP contribution in [0.4, 0.5) is 23.3 Å². The number of nitrogens with zero attached hydrogens (tertiary/aromatic N) is 2. The zero-order valence-corrected chi connectivity index (χ0v) is 13.4. The highest BCUT2D eigenvalue weighted by atomic mass is 16.5. The first-order valence-electron chi connectivity index (χ1n) is 7.65. The maximum atomic E-state index is 11.4. The SMILES string of the molecule is COC(=O)c1ccc(NCC2CNc3nc(N)nc(N)c3C2)cc1. The number of aromatic nitrogens is 2. The zero-order chi connectivity index (χ0) is 17.1. The molecule has 126 valence electrons. The molecule has 6 N–H and O–H groups in total. The summed E-state index contributed by atoms with van der Waals surface area (Å²) in [5.74, 6) is 1.33. The van der Waals surface area contributed by atoms with Crippen LogP contribution in [-0.4, -0.2) is 36.1 Å². The Morgan fingerprint density at radius 3 is 2.79 bits per heavy atom. The number of carbonyl (C=O) groups is 1. The molecule has 2 aromatic rings. The minimum Gasteiger partial charge on any atom is -0.465 e. The van der Waals surface area contributed by atoms with Gasteiger partial charge in [0.2, 0.25) is 5.95 Å². The summed E-state index contributed by atoms with van der Waals surface area (Å²) in [5.41, 5.74) is 13.9. The smallest absolute Gasteiger partial charge is 0.337 e. The number of ether oxygens (including phenoxy) is 1. The van der Waals surface area contributed by atoms with Crippen LogP contribution in [0.25, 0.3) is 0 Å². The quantitative estimate of drug-likeness (QED) is 0.615. The van der Waals surface area contributed by atoms with Gasteiger partial charge < -0.3 is 26.8 Å². The van der Waals surface area contributed by atoms with Crippen molar-refractivity contribution < 1.29 is 9.53 Å². The average Bonchev–Trinajstić information content (AvgIpc) is 2.60. The highest BCUT2D eigenvalue weighted by Gasteiger charge is 2.22. The molecule has 0 bridgehead atoms. The van der Waals surface area contributed by atoms with Gasteiger partial charge in [-0.3, -0.25) is 0 Å². The first kappa shape index (κ1) is 15.9. The molecule has 1 aromatic heterocycles. The fraction of sp³-hybridized carbons (Fsp3) is 0.312. The van der Waals surface area contributed by atoms with E-state index >= 15 is 0 Å². The number of nitrogens with one attached hydrogen (secondary N) is 2. The molecule has 0 fully saturated rings. The van der Waals surface area contributed by atoms with E-state index in [-0.39, 0.29) is 11.9 Å². The number of nitrogens with two attached hydrogens (primary N) is 2. The van der Waals surface area contributed by atoms with Gasteiger partial charge in [0.05, 0.1) is 12.7 Å². The number of hydrogen-bond acceptors (Lipinski definition) is 8. The molecule has 1 unspecified atom stereocenters. The molecular formula is C16H20N6O2. The maximum Gasteiger partial charge on any atom is 0.337 e. The predicted octanol–water partition coefficient (Wildman–Crippen LogP) is 1.12. The van der Waals surface area contributed by atoms with Gasteiger partial charge >= 0.3 is 5.97 Å². The van der Waals surface area contributed by atoms with Gasteiger partial charge in [0.25, 0.3) is 0 Å². The largest absolute Gasteiger partial charge is 0.465 e. The molecule has 24 heavy (non-hydrogen) atoms. The Morgan fingerprint density at radius 1 is 1.33 bits per heavy atom. The van der Waals surface area contributed by atoms with Crippen molar-refractivity contribution in [3.63, 3.8) is 0 Å². The molecule has 1 atom stereocenters. The molecule has 1 aliphatic heterocycles. The molecular weight excluding hydrogens is 308 g/mol. The van der Waals surface area contributed by atoms with Gasteiger partial charge in [-0.2, -0.15) is 9.97 Å². The maximum absolute atomic E-state index is 11.4. The number of benzene rings is 1. The van der Waals surface area contributed by atoms with Crippen LogP contribution in [0.15, 0.2) is 24.3 Å². The molecule has 0 radical (unpaired) electrons. The van der Waals surface area contributed by atoms with Crippen molar-refractivity contribution in [2.24, 2.45) is 5.92 Å². The number of methoxy groups -OCH3 is 1. The second-order valence-electron chi connectivity index (χ2n) is 5.70. The van der Waals surface area contributed by atoms with Crippen molar-refractivity contribution >= 4 is 29.2 Å². The third-order valence-corrected chi connectivity index (χ3v) is 4.01. The van der Waals surface area contributed by atoms with Gasteiger partial charge in [0.1, 0.15) is 11.6 Å². The number of hydrogen-bond donors (Lipinski definition) is 4. The standard InChI is InChI=1S/C16H20N6O2/c1-24-15(23)10-2-4-11(5-3-10)19-7-9-6-12-13(17)21-16(18)22-14(12)20-8-9/h2-5,9,19H,6-8H2,1H3,(H5,17,18,20,21,22). The Balaban J connectivity index is 1.61. The van der Waals surface area contributed by atoms with Crippen LogP contribution >= 0.6 is 0 Å². The van der Waals surface area contributed by atoms with E-state index in [0.29, 0.717) is 17.3 Å². The van der Waals surface area contributed by atoms with E-state index in [2.05, 4.69) is 25.3 Å². The molecule has 0 amide bonds. The van der Waals surface area contributed by atoms with E-state index in [1.165, 1.54) is 7.11 Å². The Bertz CT molecular complexity index is 747. The van der Waals surface area contributed by atoms with Crippen LogP contribution in [0.5, 0.6) is 0 Å². The van der Waals surface area contributed by atoms with Gasteiger partial charge in [-0.25, -0.2) is 4.79 Å². The summed E-state index contributed by atoms with van der Waals surface area (Å²) in [6.07, 6.45) is 0.779. The molecule has 2 heterocycles. The van der Waals surface area contributed by atoms with Gasteiger partial charge in [0.15, 0.2) is 0 Å². The number of esters is 1. The van der Waals surface area contributed by atoms with Crippen LogP contribution in [0, 0.1) is 5.92 Å². The second-order valence-corrected chi connectivity index (χ2v) is 5.70. The van der Waals surface area contributed by atoms with Crippen LogP contribution < -0.4 is 22.1 Å². The molecule has 8 heteroatoms. The van der Waals surface area contributed by atoms with Crippen molar-refractivity contribution in [1.29, 1.82) is 0 Å². The topological polar surface area (TPSA) is 128 Å². The van der Waals surface area contributed by atoms with E-state index in [0.717, 1.165) is 36.6 Å². The van der Waals surface area contributed by atoms with E-state index in [1.807, 2.05) is 12.1 Å². The summed E-state index contributed by atoms with van der Waals surface area (Å²) in [6.45, 7) is 1.53. The number of fused-ring (bicyclic) bond motifs is 1.